The van der Waals surface area contributed by atoms with E-state index >= 15 is 0 Å². The first-order valence-electron chi connectivity index (χ1n) is 10.1. The molecule has 2 aromatic rings. The first-order chi connectivity index (χ1) is 12.8. The number of rotatable bonds is 3. The monoisotopic (exact) mass is 369 g/mol. The second-order valence-corrected chi connectivity index (χ2v) is 9.30. The topological polar surface area (TPSA) is 36.4 Å². The maximum absolute atomic E-state index is 12.7. The highest BCUT2D eigenvalue weighted by atomic mass is 32.1. The molecule has 4 heterocycles. The number of carbonyl (C=O) groups is 1. The Hall–Kier alpha value is -1.62. The van der Waals surface area contributed by atoms with Crippen molar-refractivity contribution in [1.82, 2.24) is 9.88 Å². The van der Waals surface area contributed by atoms with Gasteiger partial charge >= 0.3 is 0 Å². The number of aromatic nitrogens is 1. The number of anilines is 1. The lowest BCUT2D eigenvalue weighted by molar-refractivity contribution is -0.131. The number of hydrogen-bond acceptors (Lipinski definition) is 4. The maximum Gasteiger partial charge on any atom is 0.222 e. The Kier molecular flexibility index (Phi) is 4.35. The normalized spacial score (nSPS) is 26.6. The van der Waals surface area contributed by atoms with Crippen molar-refractivity contribution in [3.63, 3.8) is 0 Å². The van der Waals surface area contributed by atoms with E-state index in [1.165, 1.54) is 29.3 Å². The lowest BCUT2D eigenvalue weighted by atomic mass is 9.93. The number of thiophene rings is 1. The molecule has 1 aliphatic carbocycles. The van der Waals surface area contributed by atoms with Gasteiger partial charge in [-0.15, -0.1) is 11.3 Å². The zero-order valence-electron chi connectivity index (χ0n) is 15.3. The quantitative estimate of drug-likeness (QED) is 0.815. The minimum Gasteiger partial charge on any atom is -0.356 e. The van der Waals surface area contributed by atoms with E-state index in [4.69, 9.17) is 0 Å². The first-order valence-corrected chi connectivity index (χ1v) is 11.0. The third-order valence-electron chi connectivity index (χ3n) is 6.82. The molecule has 5 rings (SSSR count). The zero-order valence-corrected chi connectivity index (χ0v) is 16.1. The van der Waals surface area contributed by atoms with E-state index in [1.54, 1.807) is 11.3 Å². The van der Waals surface area contributed by atoms with Crippen LogP contribution in [0, 0.1) is 17.8 Å². The molecule has 138 valence electrons. The Morgan fingerprint density at radius 2 is 1.88 bits per heavy atom. The summed E-state index contributed by atoms with van der Waals surface area (Å²) in [7, 11) is 0. The number of amides is 1. The first kappa shape index (κ1) is 16.5. The Labute approximate surface area is 159 Å². The summed E-state index contributed by atoms with van der Waals surface area (Å²) < 4.78 is 1.31. The molecule has 5 heteroatoms. The Morgan fingerprint density at radius 1 is 1.12 bits per heavy atom. The number of likely N-dealkylation sites (tertiary alicyclic amines) is 1. The van der Waals surface area contributed by atoms with Crippen molar-refractivity contribution in [2.75, 3.05) is 31.1 Å². The van der Waals surface area contributed by atoms with Crippen LogP contribution in [0.25, 0.3) is 10.1 Å². The molecule has 3 fully saturated rings. The van der Waals surface area contributed by atoms with E-state index < -0.39 is 0 Å². The van der Waals surface area contributed by atoms with Crippen molar-refractivity contribution in [3.8, 4) is 0 Å². The molecule has 4 nitrogen and oxygen atoms in total. The van der Waals surface area contributed by atoms with Crippen LogP contribution in [-0.4, -0.2) is 42.0 Å². The summed E-state index contributed by atoms with van der Waals surface area (Å²) in [4.78, 5) is 22.0. The average Bonchev–Trinajstić information content (AvgIpc) is 3.37. The van der Waals surface area contributed by atoms with Gasteiger partial charge in [0.15, 0.2) is 0 Å². The summed E-state index contributed by atoms with van der Waals surface area (Å²) in [5, 5.41) is 3.42. The number of nitrogens with zero attached hydrogens (tertiary/aromatic N) is 3. The maximum atomic E-state index is 12.7. The highest BCUT2D eigenvalue weighted by Gasteiger charge is 2.38. The molecule has 3 aliphatic rings. The molecule has 0 bridgehead atoms. The van der Waals surface area contributed by atoms with Crippen LogP contribution in [0.3, 0.4) is 0 Å². The largest absolute Gasteiger partial charge is 0.356 e. The number of hydrogen-bond donors (Lipinski definition) is 0. The van der Waals surface area contributed by atoms with Crippen LogP contribution in [0.4, 0.5) is 5.82 Å². The van der Waals surface area contributed by atoms with Crippen molar-refractivity contribution in [1.29, 1.82) is 0 Å². The third-order valence-corrected chi connectivity index (χ3v) is 7.70. The second kappa shape index (κ2) is 6.84. The van der Waals surface area contributed by atoms with Crippen LogP contribution >= 0.6 is 11.3 Å². The van der Waals surface area contributed by atoms with E-state index in [1.807, 2.05) is 6.20 Å². The van der Waals surface area contributed by atoms with Crippen LogP contribution in [0.15, 0.2) is 23.7 Å². The third kappa shape index (κ3) is 3.00. The van der Waals surface area contributed by atoms with Gasteiger partial charge in [-0.2, -0.15) is 0 Å². The lowest BCUT2D eigenvalue weighted by Crippen LogP contribution is -2.37. The van der Waals surface area contributed by atoms with Gasteiger partial charge in [0.2, 0.25) is 5.91 Å². The zero-order chi connectivity index (χ0) is 17.5. The van der Waals surface area contributed by atoms with E-state index in [0.717, 1.165) is 63.1 Å². The van der Waals surface area contributed by atoms with Crippen molar-refractivity contribution in [3.05, 3.63) is 23.7 Å². The number of piperidine rings is 1. The van der Waals surface area contributed by atoms with Gasteiger partial charge in [0.1, 0.15) is 5.82 Å². The standard InChI is InChI=1S/C21H27N3OS/c25-20(24-13-16-2-1-3-17(16)14-24)12-15-5-9-23(10-6-15)21-18-7-11-26-19(18)4-8-22-21/h4,7-8,11,15-17H,1-3,5-6,9-10,12-14H2. The van der Waals surface area contributed by atoms with Gasteiger partial charge in [-0.05, 0) is 60.9 Å². The van der Waals surface area contributed by atoms with E-state index in [2.05, 4.69) is 32.3 Å². The SMILES string of the molecule is O=C(CC1CCN(c2nccc3sccc23)CC1)N1CC2CCCC2C1. The van der Waals surface area contributed by atoms with Crippen molar-refractivity contribution in [2.45, 2.75) is 38.5 Å². The molecule has 0 spiro atoms. The molecule has 2 aliphatic heterocycles. The Balaban J connectivity index is 1.17. The summed E-state index contributed by atoms with van der Waals surface area (Å²) in [6.45, 7) is 4.11. The Bertz CT molecular complexity index is 783. The molecule has 2 unspecified atom stereocenters. The smallest absolute Gasteiger partial charge is 0.222 e. The summed E-state index contributed by atoms with van der Waals surface area (Å²) in [6.07, 6.45) is 8.95. The molecule has 0 radical (unpaired) electrons. The van der Waals surface area contributed by atoms with Gasteiger partial charge in [0.25, 0.3) is 0 Å². The van der Waals surface area contributed by atoms with Gasteiger partial charge in [-0.25, -0.2) is 4.98 Å². The summed E-state index contributed by atoms with van der Waals surface area (Å²) in [5.74, 6) is 3.69. The number of pyridine rings is 1. The molecule has 26 heavy (non-hydrogen) atoms. The van der Waals surface area contributed by atoms with Crippen molar-refractivity contribution in [2.24, 2.45) is 17.8 Å². The van der Waals surface area contributed by atoms with Crippen molar-refractivity contribution >= 4 is 33.1 Å². The highest BCUT2D eigenvalue weighted by molar-refractivity contribution is 7.17. The van der Waals surface area contributed by atoms with Gasteiger partial charge in [-0.1, -0.05) is 6.42 Å². The van der Waals surface area contributed by atoms with Crippen LogP contribution in [0.2, 0.25) is 0 Å². The Morgan fingerprint density at radius 3 is 2.65 bits per heavy atom. The fourth-order valence-electron chi connectivity index (χ4n) is 5.30. The van der Waals surface area contributed by atoms with Gasteiger partial charge in [0.05, 0.1) is 0 Å². The lowest BCUT2D eigenvalue weighted by Gasteiger charge is -2.33. The summed E-state index contributed by atoms with van der Waals surface area (Å²) in [6, 6.07) is 4.28. The molecule has 1 saturated carbocycles. The molecular weight excluding hydrogens is 342 g/mol. The van der Waals surface area contributed by atoms with E-state index in [-0.39, 0.29) is 0 Å². The van der Waals surface area contributed by atoms with E-state index in [0.29, 0.717) is 11.8 Å². The summed E-state index contributed by atoms with van der Waals surface area (Å²) in [5.41, 5.74) is 0. The molecule has 2 atom stereocenters. The molecule has 0 aromatic carbocycles. The molecular formula is C21H27N3OS. The second-order valence-electron chi connectivity index (χ2n) is 8.35. The highest BCUT2D eigenvalue weighted by Crippen LogP contribution is 2.38. The van der Waals surface area contributed by atoms with Gasteiger partial charge < -0.3 is 9.80 Å². The van der Waals surface area contributed by atoms with Crippen LogP contribution in [0.1, 0.15) is 38.5 Å². The van der Waals surface area contributed by atoms with Gasteiger partial charge in [0, 0.05) is 48.9 Å². The predicted octanol–water partition coefficient (Wildman–Crippen LogP) is 4.16. The fraction of sp³-hybridized carbons (Fsp3) is 0.619. The minimum absolute atomic E-state index is 0.413. The number of fused-ring (bicyclic) bond motifs is 2. The molecule has 2 aromatic heterocycles. The average molecular weight is 370 g/mol. The van der Waals surface area contributed by atoms with Crippen LogP contribution < -0.4 is 4.90 Å². The fourth-order valence-corrected chi connectivity index (χ4v) is 6.07. The van der Waals surface area contributed by atoms with Crippen LogP contribution in [0.5, 0.6) is 0 Å². The van der Waals surface area contributed by atoms with Crippen LogP contribution in [-0.2, 0) is 4.79 Å². The van der Waals surface area contributed by atoms with Gasteiger partial charge in [-0.3, -0.25) is 4.79 Å². The minimum atomic E-state index is 0.413. The predicted molar refractivity (Wildman–Crippen MR) is 107 cm³/mol. The number of carbonyl (C=O) groups excluding carboxylic acids is 1. The molecule has 2 saturated heterocycles. The molecule has 0 N–H and O–H groups in total. The summed E-state index contributed by atoms with van der Waals surface area (Å²) >= 11 is 1.78. The molecule has 1 amide bonds. The van der Waals surface area contributed by atoms with E-state index in [9.17, 15) is 4.79 Å². The van der Waals surface area contributed by atoms with Crippen molar-refractivity contribution < 1.29 is 4.79 Å².